The van der Waals surface area contributed by atoms with Gasteiger partial charge in [-0.1, -0.05) is 66.2 Å². The van der Waals surface area contributed by atoms with Crippen LogP contribution in [0.25, 0.3) is 10.9 Å². The number of aromatic hydroxyl groups is 2. The topological polar surface area (TPSA) is 129 Å². The molecule has 10 nitrogen and oxygen atoms in total. The summed E-state index contributed by atoms with van der Waals surface area (Å²) in [5.74, 6) is 0.0417. The zero-order valence-corrected chi connectivity index (χ0v) is 29.2. The molecule has 12 heteroatoms. The van der Waals surface area contributed by atoms with E-state index in [1.165, 1.54) is 0 Å². The number of halogens is 1. The Labute approximate surface area is 292 Å². The summed E-state index contributed by atoms with van der Waals surface area (Å²) in [5.41, 5.74) is 5.48. The van der Waals surface area contributed by atoms with Crippen LogP contribution >= 0.6 is 11.6 Å². The molecule has 0 atom stereocenters. The van der Waals surface area contributed by atoms with Crippen LogP contribution in [0.5, 0.6) is 11.5 Å². The highest BCUT2D eigenvalue weighted by Gasteiger charge is 2.33. The van der Waals surface area contributed by atoms with E-state index in [2.05, 4.69) is 26.5 Å². The van der Waals surface area contributed by atoms with Gasteiger partial charge in [-0.3, -0.25) is 4.79 Å². The number of rotatable bonds is 8. The SMILES string of the molecule is CN(C)CCn1c(C(=O)N2CCN(c3ccccc3Cl)CC2)c(C(c2ccc(O)cc2)c2ccc(O)cc2)c2ccccc21.CS(=O)(=O)[O-]. The third-order valence-corrected chi connectivity index (χ3v) is 8.80. The Kier molecular flexibility index (Phi) is 11.2. The Morgan fingerprint density at radius 2 is 1.35 bits per heavy atom. The summed E-state index contributed by atoms with van der Waals surface area (Å²) in [6.07, 6.45) is 0.604. The molecule has 1 amide bonds. The average molecular weight is 704 g/mol. The molecule has 1 aromatic heterocycles. The lowest BCUT2D eigenvalue weighted by Crippen LogP contribution is -2.49. The van der Waals surface area contributed by atoms with Crippen molar-refractivity contribution < 1.29 is 28.0 Å². The Balaban J connectivity index is 0.000000874. The third kappa shape index (κ3) is 8.73. The number of benzene rings is 4. The summed E-state index contributed by atoms with van der Waals surface area (Å²) in [6, 6.07) is 30.4. The smallest absolute Gasteiger partial charge is 0.270 e. The molecule has 2 heterocycles. The Bertz CT molecular complexity index is 1950. The summed E-state index contributed by atoms with van der Waals surface area (Å²) in [4.78, 5) is 21.1. The van der Waals surface area contributed by atoms with Crippen LogP contribution in [0, 0.1) is 0 Å². The Morgan fingerprint density at radius 1 is 0.837 bits per heavy atom. The number of para-hydroxylation sites is 2. The number of aromatic nitrogens is 1. The monoisotopic (exact) mass is 703 g/mol. The lowest BCUT2D eigenvalue weighted by Gasteiger charge is -2.37. The van der Waals surface area contributed by atoms with Gasteiger partial charge in [0.05, 0.1) is 20.8 Å². The molecule has 4 aromatic carbocycles. The van der Waals surface area contributed by atoms with Crippen molar-refractivity contribution in [1.82, 2.24) is 14.4 Å². The maximum absolute atomic E-state index is 14.8. The van der Waals surface area contributed by atoms with Gasteiger partial charge in [-0.05, 0) is 67.7 Å². The molecule has 0 saturated carbocycles. The second-order valence-electron chi connectivity index (χ2n) is 12.3. The van der Waals surface area contributed by atoms with Crippen LogP contribution in [-0.4, -0.2) is 96.5 Å². The Hall–Kier alpha value is -4.55. The summed E-state index contributed by atoms with van der Waals surface area (Å²) < 4.78 is 29.4. The highest BCUT2D eigenvalue weighted by atomic mass is 35.5. The lowest BCUT2D eigenvalue weighted by molar-refractivity contribution is 0.0734. The summed E-state index contributed by atoms with van der Waals surface area (Å²) in [5, 5.41) is 22.0. The van der Waals surface area contributed by atoms with Crippen LogP contribution in [0.2, 0.25) is 5.02 Å². The summed E-state index contributed by atoms with van der Waals surface area (Å²) in [7, 11) is 0.162. The van der Waals surface area contributed by atoms with E-state index in [0.717, 1.165) is 39.8 Å². The van der Waals surface area contributed by atoms with Crippen molar-refractivity contribution in [3.63, 3.8) is 0 Å². The number of carbonyl (C=O) groups excluding carboxylic acids is 1. The number of nitrogens with zero attached hydrogens (tertiary/aromatic N) is 4. The minimum absolute atomic E-state index is 0.00341. The second kappa shape index (κ2) is 15.3. The minimum Gasteiger partial charge on any atom is -0.748 e. The number of hydrogen-bond acceptors (Lipinski definition) is 8. The molecule has 258 valence electrons. The first-order valence-corrected chi connectivity index (χ1v) is 18.0. The first-order chi connectivity index (χ1) is 23.3. The largest absolute Gasteiger partial charge is 0.748 e. The molecule has 0 unspecified atom stereocenters. The van der Waals surface area contributed by atoms with Gasteiger partial charge < -0.3 is 34.0 Å². The van der Waals surface area contributed by atoms with Crippen LogP contribution < -0.4 is 4.90 Å². The van der Waals surface area contributed by atoms with E-state index in [9.17, 15) is 15.0 Å². The molecule has 5 aromatic rings. The number of hydrogen-bond donors (Lipinski definition) is 2. The normalized spacial score (nSPS) is 13.5. The molecule has 1 aliphatic rings. The van der Waals surface area contributed by atoms with Crippen LogP contribution in [0.1, 0.15) is 33.1 Å². The lowest BCUT2D eigenvalue weighted by atomic mass is 9.83. The zero-order valence-electron chi connectivity index (χ0n) is 27.7. The van der Waals surface area contributed by atoms with Crippen molar-refractivity contribution in [3.05, 3.63) is 124 Å². The molecule has 1 saturated heterocycles. The number of amides is 1. The van der Waals surface area contributed by atoms with Gasteiger partial charge in [0.15, 0.2) is 0 Å². The molecule has 1 fully saturated rings. The molecule has 2 N–H and O–H groups in total. The fraction of sp³-hybridized carbons (Fsp3) is 0.270. The number of fused-ring (bicyclic) bond motifs is 1. The van der Waals surface area contributed by atoms with Crippen molar-refractivity contribution in [2.24, 2.45) is 0 Å². The van der Waals surface area contributed by atoms with Gasteiger partial charge >= 0.3 is 0 Å². The van der Waals surface area contributed by atoms with Crippen molar-refractivity contribution in [1.29, 1.82) is 0 Å². The van der Waals surface area contributed by atoms with E-state index in [-0.39, 0.29) is 23.3 Å². The van der Waals surface area contributed by atoms with Crippen molar-refractivity contribution in [3.8, 4) is 11.5 Å². The number of likely N-dealkylation sites (N-methyl/N-ethyl adjacent to an activating group) is 1. The number of phenols is 2. The van der Waals surface area contributed by atoms with Gasteiger partial charge in [0, 0.05) is 67.9 Å². The van der Waals surface area contributed by atoms with E-state index < -0.39 is 10.1 Å². The van der Waals surface area contributed by atoms with Gasteiger partial charge in [-0.15, -0.1) is 0 Å². The predicted octanol–water partition coefficient (Wildman–Crippen LogP) is 5.57. The first-order valence-electron chi connectivity index (χ1n) is 15.8. The van der Waals surface area contributed by atoms with E-state index in [1.54, 1.807) is 24.3 Å². The van der Waals surface area contributed by atoms with Crippen LogP contribution in [0.4, 0.5) is 5.69 Å². The number of piperazine rings is 1. The van der Waals surface area contributed by atoms with E-state index in [1.807, 2.05) is 79.7 Å². The third-order valence-electron chi connectivity index (χ3n) is 8.48. The molecule has 49 heavy (non-hydrogen) atoms. The van der Waals surface area contributed by atoms with Gasteiger partial charge in [0.2, 0.25) is 0 Å². The van der Waals surface area contributed by atoms with Gasteiger partial charge in [-0.2, -0.15) is 0 Å². The molecular weight excluding hydrogens is 664 g/mol. The molecule has 0 aliphatic carbocycles. The summed E-state index contributed by atoms with van der Waals surface area (Å²) >= 11 is 6.51. The van der Waals surface area contributed by atoms with E-state index >= 15 is 0 Å². The van der Waals surface area contributed by atoms with Crippen LogP contribution in [0.15, 0.2) is 97.1 Å². The predicted molar refractivity (Wildman–Crippen MR) is 193 cm³/mol. The van der Waals surface area contributed by atoms with Crippen molar-refractivity contribution in [2.45, 2.75) is 12.5 Å². The summed E-state index contributed by atoms with van der Waals surface area (Å²) in [6.45, 7) is 3.92. The van der Waals surface area contributed by atoms with Gasteiger partial charge in [-0.25, -0.2) is 8.42 Å². The maximum Gasteiger partial charge on any atom is 0.270 e. The maximum atomic E-state index is 14.8. The fourth-order valence-corrected chi connectivity index (χ4v) is 6.51. The Morgan fingerprint density at radius 3 is 1.88 bits per heavy atom. The van der Waals surface area contributed by atoms with E-state index in [4.69, 9.17) is 24.6 Å². The van der Waals surface area contributed by atoms with Crippen molar-refractivity contribution in [2.75, 3.05) is 58.0 Å². The van der Waals surface area contributed by atoms with Crippen molar-refractivity contribution >= 4 is 44.2 Å². The second-order valence-corrected chi connectivity index (χ2v) is 14.1. The number of phenolic OH excluding ortho intramolecular Hbond substituents is 2. The minimum atomic E-state index is -3.92. The molecule has 6 rings (SSSR count). The molecule has 0 radical (unpaired) electrons. The van der Waals surface area contributed by atoms with Gasteiger partial charge in [0.25, 0.3) is 5.91 Å². The standard InChI is InChI=1S/C36H37ClN4O3.CH4O3S/c1-38(2)19-24-41-31-9-5-3-7-29(31)34(33(25-11-15-27(42)16-12-25)26-13-17-28(43)18-14-26)35(41)36(44)40-22-20-39(21-23-40)32-10-6-4-8-30(32)37;1-5(2,3)4/h3-18,33,42-43H,19-24H2,1-2H3;1H3,(H,2,3,4)/p-1. The molecule has 0 bridgehead atoms. The highest BCUT2D eigenvalue weighted by Crippen LogP contribution is 2.41. The average Bonchev–Trinajstić information content (AvgIpc) is 3.38. The molecule has 1 aliphatic heterocycles. The zero-order chi connectivity index (χ0) is 35.3. The number of anilines is 1. The van der Waals surface area contributed by atoms with Crippen LogP contribution in [-0.2, 0) is 16.7 Å². The van der Waals surface area contributed by atoms with Crippen LogP contribution in [0.3, 0.4) is 0 Å². The quantitative estimate of drug-likeness (QED) is 0.201. The van der Waals surface area contributed by atoms with E-state index in [0.29, 0.717) is 49.7 Å². The first kappa shape index (κ1) is 35.7. The highest BCUT2D eigenvalue weighted by molar-refractivity contribution is 7.84. The molecular formula is C37H40ClN4O6S-. The fourth-order valence-electron chi connectivity index (χ4n) is 6.25. The molecule has 0 spiro atoms. The number of carbonyl (C=O) groups is 1. The van der Waals surface area contributed by atoms with Gasteiger partial charge in [0.1, 0.15) is 17.2 Å².